The van der Waals surface area contributed by atoms with E-state index in [1.54, 1.807) is 40.1 Å². The van der Waals surface area contributed by atoms with E-state index in [1.807, 2.05) is 20.8 Å². The molecule has 1 saturated heterocycles. The molecule has 0 aliphatic carbocycles. The van der Waals surface area contributed by atoms with E-state index in [1.165, 1.54) is 6.08 Å². The van der Waals surface area contributed by atoms with Gasteiger partial charge in [-0.05, 0) is 44.5 Å². The van der Waals surface area contributed by atoms with Gasteiger partial charge < -0.3 is 14.5 Å². The lowest BCUT2D eigenvalue weighted by Crippen LogP contribution is -2.51. The topological polar surface area (TPSA) is 96.0 Å². The average Bonchev–Trinajstić information content (AvgIpc) is 2.58. The molecule has 1 aliphatic heterocycles. The third-order valence-corrected chi connectivity index (χ3v) is 4.48. The van der Waals surface area contributed by atoms with Gasteiger partial charge in [-0.15, -0.1) is 0 Å². The van der Waals surface area contributed by atoms with Gasteiger partial charge in [0, 0.05) is 37.9 Å². The Morgan fingerprint density at radius 2 is 1.57 bits per heavy atom. The predicted molar refractivity (Wildman–Crippen MR) is 108 cm³/mol. The highest BCUT2D eigenvalue weighted by atomic mass is 32.2. The van der Waals surface area contributed by atoms with Crippen LogP contribution in [0.3, 0.4) is 0 Å². The zero-order valence-corrected chi connectivity index (χ0v) is 17.5. The van der Waals surface area contributed by atoms with Gasteiger partial charge in [0.05, 0.1) is 6.26 Å². The van der Waals surface area contributed by atoms with E-state index in [4.69, 9.17) is 4.74 Å². The van der Waals surface area contributed by atoms with E-state index >= 15 is 0 Å². The van der Waals surface area contributed by atoms with Crippen LogP contribution >= 0.6 is 0 Å². The first kappa shape index (κ1) is 21.7. The van der Waals surface area contributed by atoms with Crippen LogP contribution in [0.1, 0.15) is 26.3 Å². The number of hydrogen-bond donors (Lipinski definition) is 1. The Bertz CT molecular complexity index is 833. The lowest BCUT2D eigenvalue weighted by Gasteiger charge is -2.35. The van der Waals surface area contributed by atoms with Crippen LogP contribution in [0.2, 0.25) is 0 Å². The Kier molecular flexibility index (Phi) is 6.71. The van der Waals surface area contributed by atoms with Crippen LogP contribution in [-0.2, 0) is 19.6 Å². The van der Waals surface area contributed by atoms with Gasteiger partial charge in [0.25, 0.3) is 0 Å². The van der Waals surface area contributed by atoms with Gasteiger partial charge in [0.1, 0.15) is 5.60 Å². The summed E-state index contributed by atoms with van der Waals surface area (Å²) in [5.74, 6) is -0.137. The number of carbonyl (C=O) groups is 2. The van der Waals surface area contributed by atoms with Crippen LogP contribution in [0.15, 0.2) is 30.3 Å². The van der Waals surface area contributed by atoms with Crippen molar-refractivity contribution in [2.75, 3.05) is 37.2 Å². The molecule has 1 aromatic rings. The third kappa shape index (κ3) is 7.22. The van der Waals surface area contributed by atoms with E-state index in [-0.39, 0.29) is 12.0 Å². The van der Waals surface area contributed by atoms with Crippen LogP contribution in [0.25, 0.3) is 6.08 Å². The number of anilines is 1. The number of nitrogens with zero attached hydrogens (tertiary/aromatic N) is 2. The summed E-state index contributed by atoms with van der Waals surface area (Å²) in [6, 6.07) is 6.70. The van der Waals surface area contributed by atoms with Crippen LogP contribution in [0.4, 0.5) is 10.5 Å². The number of sulfonamides is 1. The van der Waals surface area contributed by atoms with Crippen LogP contribution in [0.5, 0.6) is 0 Å². The first-order chi connectivity index (χ1) is 12.9. The normalized spacial score (nSPS) is 15.6. The van der Waals surface area contributed by atoms with Crippen LogP contribution in [0, 0.1) is 0 Å². The molecule has 1 aromatic carbocycles. The molecule has 0 unspecified atom stereocenters. The van der Waals surface area contributed by atoms with E-state index in [0.717, 1.165) is 11.8 Å². The Morgan fingerprint density at radius 1 is 1.04 bits per heavy atom. The monoisotopic (exact) mass is 409 g/mol. The minimum atomic E-state index is -3.32. The fourth-order valence-corrected chi connectivity index (χ4v) is 3.15. The predicted octanol–water partition coefficient (Wildman–Crippen LogP) is 2.15. The third-order valence-electron chi connectivity index (χ3n) is 3.88. The van der Waals surface area contributed by atoms with Crippen LogP contribution in [-0.4, -0.2) is 68.3 Å². The van der Waals surface area contributed by atoms with E-state index < -0.39 is 15.6 Å². The summed E-state index contributed by atoms with van der Waals surface area (Å²) in [4.78, 5) is 27.7. The second kappa shape index (κ2) is 8.64. The van der Waals surface area contributed by atoms with Gasteiger partial charge in [0.15, 0.2) is 0 Å². The smallest absolute Gasteiger partial charge is 0.410 e. The molecule has 1 heterocycles. The summed E-state index contributed by atoms with van der Waals surface area (Å²) < 4.78 is 30.1. The molecule has 2 rings (SSSR count). The largest absolute Gasteiger partial charge is 0.444 e. The van der Waals surface area contributed by atoms with Gasteiger partial charge in [-0.3, -0.25) is 9.52 Å². The number of nitrogens with one attached hydrogen (secondary N) is 1. The highest BCUT2D eigenvalue weighted by Gasteiger charge is 2.26. The van der Waals surface area contributed by atoms with Gasteiger partial charge in [-0.2, -0.15) is 0 Å². The van der Waals surface area contributed by atoms with Crippen molar-refractivity contribution in [3.63, 3.8) is 0 Å². The number of amides is 2. The van der Waals surface area contributed by atoms with Crippen LogP contribution < -0.4 is 4.72 Å². The van der Waals surface area contributed by atoms with Crippen molar-refractivity contribution in [2.45, 2.75) is 26.4 Å². The minimum absolute atomic E-state index is 0.137. The zero-order chi connectivity index (χ0) is 20.9. The summed E-state index contributed by atoms with van der Waals surface area (Å²) in [5.41, 5.74) is 0.697. The Labute approximate surface area is 166 Å². The fraction of sp³-hybridized carbons (Fsp3) is 0.474. The molecular weight excluding hydrogens is 382 g/mol. The maximum absolute atomic E-state index is 12.3. The molecule has 2 amide bonds. The molecule has 0 atom stereocenters. The van der Waals surface area contributed by atoms with Crippen molar-refractivity contribution in [3.05, 3.63) is 35.9 Å². The summed E-state index contributed by atoms with van der Waals surface area (Å²) in [6.45, 7) is 7.21. The van der Waals surface area contributed by atoms with E-state index in [2.05, 4.69) is 4.72 Å². The molecule has 28 heavy (non-hydrogen) atoms. The van der Waals surface area contributed by atoms with Gasteiger partial charge in [0.2, 0.25) is 15.9 Å². The van der Waals surface area contributed by atoms with Crippen molar-refractivity contribution in [1.29, 1.82) is 0 Å². The molecule has 0 bridgehead atoms. The number of benzene rings is 1. The summed E-state index contributed by atoms with van der Waals surface area (Å²) in [6.07, 6.45) is 3.87. The fourth-order valence-electron chi connectivity index (χ4n) is 2.59. The summed E-state index contributed by atoms with van der Waals surface area (Å²) in [5, 5.41) is 0. The van der Waals surface area contributed by atoms with Crippen molar-refractivity contribution >= 4 is 33.8 Å². The maximum Gasteiger partial charge on any atom is 0.410 e. The molecule has 0 aromatic heterocycles. The summed E-state index contributed by atoms with van der Waals surface area (Å²) in [7, 11) is -3.32. The highest BCUT2D eigenvalue weighted by molar-refractivity contribution is 7.92. The molecule has 1 fully saturated rings. The van der Waals surface area contributed by atoms with Crippen molar-refractivity contribution in [3.8, 4) is 0 Å². The van der Waals surface area contributed by atoms with E-state index in [9.17, 15) is 18.0 Å². The Balaban J connectivity index is 1.86. The molecule has 0 saturated carbocycles. The number of ether oxygens (including phenoxy) is 1. The molecule has 154 valence electrons. The SMILES string of the molecule is CC(C)(C)OC(=O)N1CCN(C(=O)/C=C/c2ccc(NS(C)(=O)=O)cc2)CC1. The zero-order valence-electron chi connectivity index (χ0n) is 16.6. The Morgan fingerprint density at radius 3 is 2.07 bits per heavy atom. The Hall–Kier alpha value is -2.55. The standard InChI is InChI=1S/C19H27N3O5S/c1-19(2,3)27-18(24)22-13-11-21(12-14-22)17(23)10-7-15-5-8-16(9-6-15)20-28(4,25)26/h5-10,20H,11-14H2,1-4H3/b10-7+. The molecule has 1 aliphatic rings. The first-order valence-corrected chi connectivity index (χ1v) is 10.8. The van der Waals surface area contributed by atoms with Gasteiger partial charge in [-0.25, -0.2) is 13.2 Å². The van der Waals surface area contributed by atoms with Gasteiger partial charge in [-0.1, -0.05) is 12.1 Å². The number of hydrogen-bond acceptors (Lipinski definition) is 5. The number of piperazine rings is 1. The average molecular weight is 410 g/mol. The minimum Gasteiger partial charge on any atom is -0.444 e. The lowest BCUT2D eigenvalue weighted by molar-refractivity contribution is -0.127. The molecule has 0 spiro atoms. The second-order valence-electron chi connectivity index (χ2n) is 7.62. The molecule has 9 heteroatoms. The molecule has 1 N–H and O–H groups in total. The second-order valence-corrected chi connectivity index (χ2v) is 9.37. The maximum atomic E-state index is 12.3. The number of carbonyl (C=O) groups excluding carboxylic acids is 2. The molecule has 0 radical (unpaired) electrons. The first-order valence-electron chi connectivity index (χ1n) is 8.96. The van der Waals surface area contributed by atoms with Crippen molar-refractivity contribution < 1.29 is 22.7 Å². The van der Waals surface area contributed by atoms with E-state index in [0.29, 0.717) is 31.9 Å². The van der Waals surface area contributed by atoms with Crippen molar-refractivity contribution in [2.24, 2.45) is 0 Å². The summed E-state index contributed by atoms with van der Waals surface area (Å²) >= 11 is 0. The molecular formula is C19H27N3O5S. The van der Waals surface area contributed by atoms with Crippen molar-refractivity contribution in [1.82, 2.24) is 9.80 Å². The number of rotatable bonds is 4. The molecule has 8 nitrogen and oxygen atoms in total. The van der Waals surface area contributed by atoms with Gasteiger partial charge >= 0.3 is 6.09 Å². The lowest BCUT2D eigenvalue weighted by atomic mass is 10.2. The quantitative estimate of drug-likeness (QED) is 0.769. The highest BCUT2D eigenvalue weighted by Crippen LogP contribution is 2.14.